The fourth-order valence-electron chi connectivity index (χ4n) is 1.82. The van der Waals surface area contributed by atoms with Crippen molar-refractivity contribution >= 4 is 15.7 Å². The Morgan fingerprint density at radius 2 is 2.00 bits per heavy atom. The van der Waals surface area contributed by atoms with Gasteiger partial charge in [0.1, 0.15) is 5.82 Å². The summed E-state index contributed by atoms with van der Waals surface area (Å²) >= 11 is 0. The minimum Gasteiger partial charge on any atom is -0.382 e. The molecule has 0 radical (unpaired) electrons. The Labute approximate surface area is 82.8 Å². The number of hydrogen-bond acceptors (Lipinski definition) is 4. The highest BCUT2D eigenvalue weighted by Gasteiger charge is 2.23. The molecule has 0 amide bonds. The van der Waals surface area contributed by atoms with E-state index in [1.54, 1.807) is 11.7 Å². The molecule has 14 heavy (non-hydrogen) atoms. The number of hydrogen-bond donors (Lipinski definition) is 1. The molecule has 0 bridgehead atoms. The summed E-state index contributed by atoms with van der Waals surface area (Å²) in [4.78, 5) is 0. The predicted molar refractivity (Wildman–Crippen MR) is 53.7 cm³/mol. The molecule has 0 fully saturated rings. The first-order valence-electron chi connectivity index (χ1n) is 4.50. The number of rotatable bonds is 0. The topological polar surface area (TPSA) is 78.0 Å². The lowest BCUT2D eigenvalue weighted by molar-refractivity contribution is 0.595. The van der Waals surface area contributed by atoms with E-state index in [2.05, 4.69) is 5.10 Å². The lowest BCUT2D eigenvalue weighted by Gasteiger charge is -1.99. The number of aromatic nitrogens is 2. The lowest BCUT2D eigenvalue weighted by Crippen LogP contribution is -2.12. The summed E-state index contributed by atoms with van der Waals surface area (Å²) in [6.07, 6.45) is 1.02. The van der Waals surface area contributed by atoms with Crippen LogP contribution in [0.15, 0.2) is 0 Å². The first-order valence-corrected chi connectivity index (χ1v) is 6.32. The van der Waals surface area contributed by atoms with Gasteiger partial charge in [0.05, 0.1) is 11.5 Å². The summed E-state index contributed by atoms with van der Waals surface area (Å²) in [5.74, 6) is 0.870. The highest BCUT2D eigenvalue weighted by Crippen LogP contribution is 2.21. The highest BCUT2D eigenvalue weighted by atomic mass is 32.2. The van der Waals surface area contributed by atoms with Gasteiger partial charge >= 0.3 is 0 Å². The van der Waals surface area contributed by atoms with E-state index >= 15 is 0 Å². The van der Waals surface area contributed by atoms with E-state index in [1.807, 2.05) is 0 Å². The van der Waals surface area contributed by atoms with Crippen LogP contribution in [0.5, 0.6) is 0 Å². The molecule has 0 spiro atoms. The maximum Gasteiger partial charge on any atom is 0.151 e. The fourth-order valence-corrected chi connectivity index (χ4v) is 3.05. The molecule has 0 aromatic carbocycles. The number of nitrogen functional groups attached to an aromatic ring is 1. The SMILES string of the molecule is Cn1nc(N)c2c1CCS(=O)(=O)CC2. The summed E-state index contributed by atoms with van der Waals surface area (Å²) in [5.41, 5.74) is 7.57. The second-order valence-electron chi connectivity index (χ2n) is 3.59. The smallest absolute Gasteiger partial charge is 0.151 e. The Morgan fingerprint density at radius 3 is 2.71 bits per heavy atom. The number of sulfone groups is 1. The maximum absolute atomic E-state index is 11.4. The van der Waals surface area contributed by atoms with Crippen molar-refractivity contribution in [1.29, 1.82) is 0 Å². The van der Waals surface area contributed by atoms with E-state index < -0.39 is 9.84 Å². The van der Waals surface area contributed by atoms with Gasteiger partial charge in [0.15, 0.2) is 9.84 Å². The molecular weight excluding hydrogens is 202 g/mol. The number of fused-ring (bicyclic) bond motifs is 1. The molecule has 2 N–H and O–H groups in total. The van der Waals surface area contributed by atoms with Crippen LogP contribution in [0.3, 0.4) is 0 Å². The summed E-state index contributed by atoms with van der Waals surface area (Å²) in [6, 6.07) is 0. The van der Waals surface area contributed by atoms with Crippen LogP contribution in [0.2, 0.25) is 0 Å². The van der Waals surface area contributed by atoms with Gasteiger partial charge < -0.3 is 5.73 Å². The van der Waals surface area contributed by atoms with Crippen molar-refractivity contribution in [1.82, 2.24) is 9.78 Å². The van der Waals surface area contributed by atoms with Crippen LogP contribution >= 0.6 is 0 Å². The molecule has 2 rings (SSSR count). The average molecular weight is 215 g/mol. The minimum atomic E-state index is -2.89. The molecule has 1 aliphatic rings. The standard InChI is InChI=1S/C8H13N3O2S/c1-11-7-3-5-14(12,13)4-2-6(7)8(9)10-11/h2-5H2,1H3,(H2,9,10). The van der Waals surface area contributed by atoms with Crippen molar-refractivity contribution < 1.29 is 8.42 Å². The minimum absolute atomic E-state index is 0.190. The molecular formula is C8H13N3O2S. The first kappa shape index (κ1) is 9.51. The molecule has 6 heteroatoms. The zero-order valence-corrected chi connectivity index (χ0v) is 8.84. The normalized spacial score (nSPS) is 20.1. The Morgan fingerprint density at radius 1 is 1.36 bits per heavy atom. The molecule has 0 saturated heterocycles. The summed E-state index contributed by atoms with van der Waals surface area (Å²) in [5, 5.41) is 4.08. The van der Waals surface area contributed by atoms with Crippen LogP contribution in [0.4, 0.5) is 5.82 Å². The van der Waals surface area contributed by atoms with Gasteiger partial charge in [-0.05, 0) is 6.42 Å². The van der Waals surface area contributed by atoms with E-state index in [-0.39, 0.29) is 11.5 Å². The Balaban J connectivity index is 2.45. The van der Waals surface area contributed by atoms with Crippen LogP contribution in [-0.4, -0.2) is 29.7 Å². The van der Waals surface area contributed by atoms with Gasteiger partial charge in [-0.1, -0.05) is 0 Å². The second kappa shape index (κ2) is 2.98. The maximum atomic E-state index is 11.4. The van der Waals surface area contributed by atoms with Crippen molar-refractivity contribution in [3.05, 3.63) is 11.3 Å². The molecule has 0 unspecified atom stereocenters. The first-order chi connectivity index (χ1) is 6.49. The fraction of sp³-hybridized carbons (Fsp3) is 0.625. The predicted octanol–water partition coefficient (Wildman–Crippen LogP) is -0.484. The number of nitrogens with zero attached hydrogens (tertiary/aromatic N) is 2. The lowest BCUT2D eigenvalue weighted by atomic mass is 10.1. The highest BCUT2D eigenvalue weighted by molar-refractivity contribution is 7.91. The Hall–Kier alpha value is -1.04. The van der Waals surface area contributed by atoms with Crippen LogP contribution in [0.25, 0.3) is 0 Å². The van der Waals surface area contributed by atoms with Gasteiger partial charge in [-0.25, -0.2) is 8.42 Å². The Bertz CT molecular complexity index is 427. The van der Waals surface area contributed by atoms with Gasteiger partial charge in [0.25, 0.3) is 0 Å². The third-order valence-corrected chi connectivity index (χ3v) is 4.27. The molecule has 5 nitrogen and oxygen atoms in total. The van der Waals surface area contributed by atoms with Crippen LogP contribution < -0.4 is 5.73 Å². The van der Waals surface area contributed by atoms with Crippen molar-refractivity contribution in [3.63, 3.8) is 0 Å². The van der Waals surface area contributed by atoms with E-state index in [0.29, 0.717) is 18.7 Å². The van der Waals surface area contributed by atoms with Crippen LogP contribution in [0, 0.1) is 0 Å². The Kier molecular flexibility index (Phi) is 2.02. The third kappa shape index (κ3) is 1.50. The number of anilines is 1. The van der Waals surface area contributed by atoms with Gasteiger partial charge in [0, 0.05) is 24.7 Å². The van der Waals surface area contributed by atoms with E-state index in [4.69, 9.17) is 5.73 Å². The summed E-state index contributed by atoms with van der Waals surface area (Å²) in [6.45, 7) is 0. The molecule has 0 aliphatic carbocycles. The molecule has 1 aliphatic heterocycles. The van der Waals surface area contributed by atoms with Gasteiger partial charge in [-0.3, -0.25) is 4.68 Å². The van der Waals surface area contributed by atoms with Crippen molar-refractivity contribution in [2.24, 2.45) is 7.05 Å². The molecule has 1 aromatic rings. The number of aryl methyl sites for hydroxylation is 1. The zero-order valence-electron chi connectivity index (χ0n) is 8.02. The second-order valence-corrected chi connectivity index (χ2v) is 5.89. The van der Waals surface area contributed by atoms with Gasteiger partial charge in [-0.15, -0.1) is 0 Å². The van der Waals surface area contributed by atoms with E-state index in [1.165, 1.54) is 0 Å². The zero-order chi connectivity index (χ0) is 10.3. The van der Waals surface area contributed by atoms with Gasteiger partial charge in [-0.2, -0.15) is 5.10 Å². The monoisotopic (exact) mass is 215 g/mol. The third-order valence-electron chi connectivity index (χ3n) is 2.62. The molecule has 2 heterocycles. The van der Waals surface area contributed by atoms with Gasteiger partial charge in [0.2, 0.25) is 0 Å². The molecule has 1 aromatic heterocycles. The largest absolute Gasteiger partial charge is 0.382 e. The van der Waals surface area contributed by atoms with Crippen molar-refractivity contribution in [2.75, 3.05) is 17.2 Å². The van der Waals surface area contributed by atoms with Crippen LogP contribution in [0.1, 0.15) is 11.3 Å². The molecule has 0 saturated carbocycles. The van der Waals surface area contributed by atoms with E-state index in [9.17, 15) is 8.42 Å². The van der Waals surface area contributed by atoms with Crippen molar-refractivity contribution in [2.45, 2.75) is 12.8 Å². The number of nitrogens with two attached hydrogens (primary N) is 1. The average Bonchev–Trinajstić information content (AvgIpc) is 2.26. The summed E-state index contributed by atoms with van der Waals surface area (Å²) in [7, 11) is -1.09. The molecule has 78 valence electrons. The van der Waals surface area contributed by atoms with Crippen LogP contribution in [-0.2, 0) is 29.7 Å². The quantitative estimate of drug-likeness (QED) is 0.634. The summed E-state index contributed by atoms with van der Waals surface area (Å²) < 4.78 is 24.5. The molecule has 0 atom stereocenters. The van der Waals surface area contributed by atoms with Crippen molar-refractivity contribution in [3.8, 4) is 0 Å². The van der Waals surface area contributed by atoms with E-state index in [0.717, 1.165) is 11.3 Å².